The lowest BCUT2D eigenvalue weighted by Crippen LogP contribution is -2.36. The molecule has 14 heavy (non-hydrogen) atoms. The highest BCUT2D eigenvalue weighted by Gasteiger charge is 2.28. The lowest BCUT2D eigenvalue weighted by atomic mass is 9.88. The van der Waals surface area contributed by atoms with Gasteiger partial charge >= 0.3 is 5.97 Å². The quantitative estimate of drug-likeness (QED) is 0.707. The third kappa shape index (κ3) is 1.40. The fourth-order valence-corrected chi connectivity index (χ4v) is 1.96. The molecular weight excluding hydrogens is 178 g/mol. The van der Waals surface area contributed by atoms with Gasteiger partial charge in [0.1, 0.15) is 6.04 Å². The first-order valence-electron chi connectivity index (χ1n) is 4.75. The summed E-state index contributed by atoms with van der Waals surface area (Å²) in [4.78, 5) is 11.0. The maximum absolute atomic E-state index is 11.0. The van der Waals surface area contributed by atoms with Crippen molar-refractivity contribution in [3.63, 3.8) is 0 Å². The van der Waals surface area contributed by atoms with Crippen LogP contribution in [0.5, 0.6) is 0 Å². The molecule has 0 amide bonds. The van der Waals surface area contributed by atoms with Crippen LogP contribution in [0.3, 0.4) is 0 Å². The van der Waals surface area contributed by atoms with E-state index < -0.39 is 12.0 Å². The average Bonchev–Trinajstić information content (AvgIpc) is 2.18. The number of carboxylic acid groups (broad SMARTS) is 1. The van der Waals surface area contributed by atoms with E-state index in [4.69, 9.17) is 5.11 Å². The Hall–Kier alpha value is -1.35. The molecule has 1 aromatic rings. The van der Waals surface area contributed by atoms with Gasteiger partial charge in [-0.2, -0.15) is 0 Å². The lowest BCUT2D eigenvalue weighted by Gasteiger charge is -2.28. The molecule has 0 saturated heterocycles. The van der Waals surface area contributed by atoms with Crippen LogP contribution in [0, 0.1) is 0 Å². The first-order chi connectivity index (χ1) is 6.70. The zero-order valence-corrected chi connectivity index (χ0v) is 8.03. The Morgan fingerprint density at radius 2 is 2.07 bits per heavy atom. The van der Waals surface area contributed by atoms with Crippen LogP contribution in [0.4, 0.5) is 0 Å². The number of fused-ring (bicyclic) bond motifs is 1. The van der Waals surface area contributed by atoms with Crippen molar-refractivity contribution in [1.82, 2.24) is 5.32 Å². The minimum Gasteiger partial charge on any atom is -0.480 e. The second kappa shape index (κ2) is 3.42. The Kier molecular flexibility index (Phi) is 2.25. The summed E-state index contributed by atoms with van der Waals surface area (Å²) in [5.41, 5.74) is 2.05. The molecule has 0 aromatic heterocycles. The van der Waals surface area contributed by atoms with Crippen molar-refractivity contribution in [2.75, 3.05) is 6.54 Å². The van der Waals surface area contributed by atoms with E-state index in [2.05, 4.69) is 12.2 Å². The first-order valence-corrected chi connectivity index (χ1v) is 4.75. The highest BCUT2D eigenvalue weighted by Crippen LogP contribution is 2.29. The second-order valence-corrected chi connectivity index (χ2v) is 3.71. The normalized spacial score (nSPS) is 25.5. The van der Waals surface area contributed by atoms with Crippen molar-refractivity contribution < 1.29 is 9.90 Å². The average molecular weight is 191 g/mol. The number of hydrogen-bond donors (Lipinski definition) is 2. The third-order valence-corrected chi connectivity index (χ3v) is 2.71. The maximum Gasteiger partial charge on any atom is 0.325 e. The molecule has 2 N–H and O–H groups in total. The van der Waals surface area contributed by atoms with Crippen molar-refractivity contribution in [3.05, 3.63) is 35.4 Å². The number of rotatable bonds is 1. The summed E-state index contributed by atoms with van der Waals surface area (Å²) >= 11 is 0. The van der Waals surface area contributed by atoms with E-state index >= 15 is 0 Å². The molecular formula is C11H13NO2. The number of aliphatic carboxylic acids is 1. The molecule has 2 rings (SSSR count). The second-order valence-electron chi connectivity index (χ2n) is 3.71. The summed E-state index contributed by atoms with van der Waals surface area (Å²) < 4.78 is 0. The van der Waals surface area contributed by atoms with E-state index in [1.807, 2.05) is 24.3 Å². The van der Waals surface area contributed by atoms with Crippen molar-refractivity contribution in [2.24, 2.45) is 0 Å². The highest BCUT2D eigenvalue weighted by molar-refractivity contribution is 5.76. The van der Waals surface area contributed by atoms with Gasteiger partial charge < -0.3 is 10.4 Å². The Morgan fingerprint density at radius 3 is 2.71 bits per heavy atom. The predicted molar refractivity (Wildman–Crippen MR) is 53.2 cm³/mol. The first kappa shape index (κ1) is 9.21. The van der Waals surface area contributed by atoms with E-state index in [0.717, 1.165) is 17.7 Å². The van der Waals surface area contributed by atoms with Crippen LogP contribution in [-0.4, -0.2) is 17.6 Å². The molecule has 2 atom stereocenters. The summed E-state index contributed by atoms with van der Waals surface area (Å²) in [6.07, 6.45) is 0. The molecule has 1 aliphatic heterocycles. The molecule has 3 heteroatoms. The monoisotopic (exact) mass is 191 g/mol. The Balaban J connectivity index is 2.46. The standard InChI is InChI=1S/C11H13NO2/c1-7-6-12-10(11(13)14)9-5-3-2-4-8(7)9/h2-5,7,10,12H,6H2,1H3,(H,13,14)/t7-,10-/m0/s1. The van der Waals surface area contributed by atoms with Crippen LogP contribution in [0.1, 0.15) is 30.0 Å². The van der Waals surface area contributed by atoms with Crippen LogP contribution in [0.15, 0.2) is 24.3 Å². The molecule has 1 heterocycles. The number of hydrogen-bond acceptors (Lipinski definition) is 2. The lowest BCUT2D eigenvalue weighted by molar-refractivity contribution is -0.139. The number of nitrogens with one attached hydrogen (secondary N) is 1. The molecule has 0 saturated carbocycles. The van der Waals surface area contributed by atoms with E-state index in [9.17, 15) is 4.79 Å². The van der Waals surface area contributed by atoms with Crippen molar-refractivity contribution in [1.29, 1.82) is 0 Å². The fourth-order valence-electron chi connectivity index (χ4n) is 1.96. The van der Waals surface area contributed by atoms with Gasteiger partial charge in [-0.05, 0) is 17.0 Å². The van der Waals surface area contributed by atoms with Crippen LogP contribution in [0.2, 0.25) is 0 Å². The molecule has 74 valence electrons. The Morgan fingerprint density at radius 1 is 1.43 bits per heavy atom. The molecule has 3 nitrogen and oxygen atoms in total. The molecule has 0 radical (unpaired) electrons. The van der Waals surface area contributed by atoms with E-state index in [-0.39, 0.29) is 0 Å². The minimum absolute atomic E-state index is 0.391. The SMILES string of the molecule is C[C@H]1CN[C@H](C(=O)O)c2ccccc21. The van der Waals surface area contributed by atoms with E-state index in [1.165, 1.54) is 0 Å². The van der Waals surface area contributed by atoms with Gasteiger partial charge in [0.25, 0.3) is 0 Å². The van der Waals surface area contributed by atoms with Gasteiger partial charge in [0.2, 0.25) is 0 Å². The van der Waals surface area contributed by atoms with E-state index in [1.54, 1.807) is 0 Å². The van der Waals surface area contributed by atoms with Crippen LogP contribution >= 0.6 is 0 Å². The highest BCUT2D eigenvalue weighted by atomic mass is 16.4. The van der Waals surface area contributed by atoms with Crippen molar-refractivity contribution in [2.45, 2.75) is 18.9 Å². The van der Waals surface area contributed by atoms with Crippen LogP contribution in [-0.2, 0) is 4.79 Å². The van der Waals surface area contributed by atoms with Crippen molar-refractivity contribution in [3.8, 4) is 0 Å². The van der Waals surface area contributed by atoms with Gasteiger partial charge in [-0.1, -0.05) is 31.2 Å². The number of carbonyl (C=O) groups is 1. The Labute approximate surface area is 82.8 Å². The number of carboxylic acids is 1. The maximum atomic E-state index is 11.0. The zero-order valence-electron chi connectivity index (χ0n) is 8.03. The van der Waals surface area contributed by atoms with Crippen molar-refractivity contribution >= 4 is 5.97 Å². The molecule has 1 aliphatic rings. The predicted octanol–water partition coefficient (Wildman–Crippen LogP) is 1.52. The van der Waals surface area contributed by atoms with Crippen LogP contribution < -0.4 is 5.32 Å². The van der Waals surface area contributed by atoms with Gasteiger partial charge in [-0.3, -0.25) is 4.79 Å². The minimum atomic E-state index is -0.802. The largest absolute Gasteiger partial charge is 0.480 e. The van der Waals surface area contributed by atoms with Gasteiger partial charge in [0.15, 0.2) is 0 Å². The molecule has 0 spiro atoms. The summed E-state index contributed by atoms with van der Waals surface area (Å²) in [6.45, 7) is 2.83. The third-order valence-electron chi connectivity index (χ3n) is 2.71. The smallest absolute Gasteiger partial charge is 0.325 e. The molecule has 0 unspecified atom stereocenters. The van der Waals surface area contributed by atoms with Gasteiger partial charge in [-0.25, -0.2) is 0 Å². The topological polar surface area (TPSA) is 49.3 Å². The summed E-state index contributed by atoms with van der Waals surface area (Å²) in [5, 5.41) is 12.0. The molecule has 0 aliphatic carbocycles. The summed E-state index contributed by atoms with van der Waals surface area (Å²) in [5.74, 6) is -0.411. The Bertz CT molecular complexity index is 362. The van der Waals surface area contributed by atoms with E-state index in [0.29, 0.717) is 5.92 Å². The van der Waals surface area contributed by atoms with Gasteiger partial charge in [0.05, 0.1) is 0 Å². The van der Waals surface area contributed by atoms with Gasteiger partial charge in [0, 0.05) is 6.54 Å². The number of benzene rings is 1. The van der Waals surface area contributed by atoms with Crippen LogP contribution in [0.25, 0.3) is 0 Å². The zero-order chi connectivity index (χ0) is 10.1. The van der Waals surface area contributed by atoms with Gasteiger partial charge in [-0.15, -0.1) is 0 Å². The summed E-state index contributed by atoms with van der Waals surface area (Å²) in [7, 11) is 0. The fraction of sp³-hybridized carbons (Fsp3) is 0.364. The summed E-state index contributed by atoms with van der Waals surface area (Å²) in [6, 6.07) is 7.20. The molecule has 0 bridgehead atoms. The molecule has 1 aromatic carbocycles. The molecule has 0 fully saturated rings.